The lowest BCUT2D eigenvalue weighted by Gasteiger charge is -2.10. The highest BCUT2D eigenvalue weighted by atomic mass is 16.7. The molecule has 2 rings (SSSR count). The fraction of sp³-hybridized carbons (Fsp3) is 0.429. The number of ether oxygens (including phenoxy) is 2. The predicted octanol–water partition coefficient (Wildman–Crippen LogP) is 0.219. The molecule has 1 N–H and O–H groups in total. The molecule has 5 heteroatoms. The molecular weight excluding hydrogens is 158 g/mol. The van der Waals surface area contributed by atoms with Crippen molar-refractivity contribution in [2.24, 2.45) is 0 Å². The van der Waals surface area contributed by atoms with Gasteiger partial charge < -0.3 is 14.8 Å². The lowest BCUT2D eigenvalue weighted by Crippen LogP contribution is -2.20. The molecule has 1 aliphatic heterocycles. The molecule has 5 nitrogen and oxygen atoms in total. The van der Waals surface area contributed by atoms with Crippen LogP contribution in [0.15, 0.2) is 18.6 Å². The Balaban J connectivity index is 1.94. The summed E-state index contributed by atoms with van der Waals surface area (Å²) >= 11 is 0. The molecule has 1 saturated heterocycles. The summed E-state index contributed by atoms with van der Waals surface area (Å²) in [4.78, 5) is 7.90. The first-order valence-electron chi connectivity index (χ1n) is 3.71. The van der Waals surface area contributed by atoms with Crippen LogP contribution in [0.3, 0.4) is 0 Å². The van der Waals surface area contributed by atoms with E-state index in [0.717, 1.165) is 0 Å². The van der Waals surface area contributed by atoms with Crippen LogP contribution in [-0.4, -0.2) is 29.6 Å². The molecule has 64 valence electrons. The van der Waals surface area contributed by atoms with Crippen molar-refractivity contribution in [3.05, 3.63) is 18.6 Å². The Bertz CT molecular complexity index is 236. The third-order valence-corrected chi connectivity index (χ3v) is 1.45. The quantitative estimate of drug-likeness (QED) is 0.682. The zero-order chi connectivity index (χ0) is 8.23. The first-order valence-corrected chi connectivity index (χ1v) is 3.71. The van der Waals surface area contributed by atoms with Gasteiger partial charge in [-0.15, -0.1) is 0 Å². The first kappa shape index (κ1) is 7.45. The van der Waals surface area contributed by atoms with Gasteiger partial charge in [-0.2, -0.15) is 0 Å². The second-order valence-corrected chi connectivity index (χ2v) is 2.31. The lowest BCUT2D eigenvalue weighted by atomic mass is 10.6. The van der Waals surface area contributed by atoms with Gasteiger partial charge in [0.15, 0.2) is 0 Å². The SMILES string of the molecule is c1cnc(NC2OCCO2)cn1. The topological polar surface area (TPSA) is 56.3 Å². The van der Waals surface area contributed by atoms with Gasteiger partial charge in [0.25, 0.3) is 0 Å². The predicted molar refractivity (Wildman–Crippen MR) is 41.3 cm³/mol. The van der Waals surface area contributed by atoms with Gasteiger partial charge in [-0.3, -0.25) is 4.98 Å². The number of nitrogens with zero attached hydrogens (tertiary/aromatic N) is 2. The molecule has 12 heavy (non-hydrogen) atoms. The van der Waals surface area contributed by atoms with Gasteiger partial charge in [0, 0.05) is 12.4 Å². The van der Waals surface area contributed by atoms with E-state index < -0.39 is 0 Å². The molecule has 0 radical (unpaired) electrons. The van der Waals surface area contributed by atoms with Crippen LogP contribution in [0.5, 0.6) is 0 Å². The van der Waals surface area contributed by atoms with Gasteiger partial charge in [0.1, 0.15) is 5.82 Å². The van der Waals surface area contributed by atoms with E-state index in [0.29, 0.717) is 19.0 Å². The molecule has 1 aliphatic rings. The second-order valence-electron chi connectivity index (χ2n) is 2.31. The minimum atomic E-state index is -0.373. The Kier molecular flexibility index (Phi) is 2.15. The maximum Gasteiger partial charge on any atom is 0.239 e. The van der Waals surface area contributed by atoms with Crippen LogP contribution in [0, 0.1) is 0 Å². The molecule has 0 spiro atoms. The number of anilines is 1. The van der Waals surface area contributed by atoms with Gasteiger partial charge in [-0.05, 0) is 0 Å². The molecule has 0 bridgehead atoms. The molecule has 0 saturated carbocycles. The third kappa shape index (κ3) is 1.69. The Labute approximate surface area is 69.7 Å². The van der Waals surface area contributed by atoms with Crippen molar-refractivity contribution < 1.29 is 9.47 Å². The van der Waals surface area contributed by atoms with Crippen molar-refractivity contribution in [3.63, 3.8) is 0 Å². The summed E-state index contributed by atoms with van der Waals surface area (Å²) in [6.45, 7) is 1.25. The number of aromatic nitrogens is 2. The van der Waals surface area contributed by atoms with Crippen LogP contribution in [0.4, 0.5) is 5.82 Å². The number of hydrogen-bond donors (Lipinski definition) is 1. The van der Waals surface area contributed by atoms with E-state index in [4.69, 9.17) is 9.47 Å². The van der Waals surface area contributed by atoms with E-state index in [-0.39, 0.29) is 6.41 Å². The number of hydrogen-bond acceptors (Lipinski definition) is 5. The van der Waals surface area contributed by atoms with Crippen LogP contribution in [0.25, 0.3) is 0 Å². The summed E-state index contributed by atoms with van der Waals surface area (Å²) in [5, 5.41) is 2.92. The van der Waals surface area contributed by atoms with E-state index in [1.54, 1.807) is 18.6 Å². The summed E-state index contributed by atoms with van der Waals surface area (Å²) in [6, 6.07) is 0. The van der Waals surface area contributed by atoms with Crippen LogP contribution in [0.1, 0.15) is 0 Å². The summed E-state index contributed by atoms with van der Waals surface area (Å²) in [5.74, 6) is 0.657. The molecule has 0 unspecified atom stereocenters. The average Bonchev–Trinajstić information content (AvgIpc) is 2.59. The van der Waals surface area contributed by atoms with Gasteiger partial charge in [0.2, 0.25) is 6.41 Å². The molecular formula is C7H9N3O2. The van der Waals surface area contributed by atoms with E-state index >= 15 is 0 Å². The Morgan fingerprint density at radius 3 is 2.83 bits per heavy atom. The molecule has 2 heterocycles. The smallest absolute Gasteiger partial charge is 0.239 e. The van der Waals surface area contributed by atoms with Crippen LogP contribution < -0.4 is 5.32 Å². The number of nitrogens with one attached hydrogen (secondary N) is 1. The summed E-state index contributed by atoms with van der Waals surface area (Å²) in [7, 11) is 0. The monoisotopic (exact) mass is 167 g/mol. The van der Waals surface area contributed by atoms with Crippen molar-refractivity contribution in [1.29, 1.82) is 0 Å². The fourth-order valence-corrected chi connectivity index (χ4v) is 0.936. The molecule has 0 aromatic carbocycles. The van der Waals surface area contributed by atoms with Crippen molar-refractivity contribution in [2.45, 2.75) is 6.41 Å². The minimum absolute atomic E-state index is 0.373. The van der Waals surface area contributed by atoms with Crippen LogP contribution >= 0.6 is 0 Å². The molecule has 0 aliphatic carbocycles. The van der Waals surface area contributed by atoms with E-state index in [1.807, 2.05) is 0 Å². The normalized spacial score (nSPS) is 18.0. The maximum absolute atomic E-state index is 5.16. The van der Waals surface area contributed by atoms with E-state index in [2.05, 4.69) is 15.3 Å². The third-order valence-electron chi connectivity index (χ3n) is 1.45. The molecule has 1 fully saturated rings. The minimum Gasteiger partial charge on any atom is -0.333 e. The Morgan fingerprint density at radius 2 is 2.17 bits per heavy atom. The first-order chi connectivity index (χ1) is 5.95. The van der Waals surface area contributed by atoms with E-state index in [9.17, 15) is 0 Å². The van der Waals surface area contributed by atoms with Gasteiger partial charge >= 0.3 is 0 Å². The molecule has 1 aromatic rings. The highest BCUT2D eigenvalue weighted by Crippen LogP contribution is 2.07. The molecule has 0 atom stereocenters. The van der Waals surface area contributed by atoms with Crippen LogP contribution in [0.2, 0.25) is 0 Å². The maximum atomic E-state index is 5.16. The highest BCUT2D eigenvalue weighted by Gasteiger charge is 2.15. The van der Waals surface area contributed by atoms with Gasteiger partial charge in [-0.25, -0.2) is 4.98 Å². The Morgan fingerprint density at radius 1 is 1.33 bits per heavy atom. The van der Waals surface area contributed by atoms with Crippen molar-refractivity contribution in [2.75, 3.05) is 18.5 Å². The lowest BCUT2D eigenvalue weighted by molar-refractivity contribution is -0.0180. The fourth-order valence-electron chi connectivity index (χ4n) is 0.936. The standard InChI is InChI=1S/C7H9N3O2/c1-2-9-6(5-8-1)10-7-11-3-4-12-7/h1-2,5,7H,3-4H2,(H,9,10). The number of rotatable bonds is 2. The van der Waals surface area contributed by atoms with Gasteiger partial charge in [0.05, 0.1) is 19.4 Å². The second kappa shape index (κ2) is 3.46. The van der Waals surface area contributed by atoms with Crippen molar-refractivity contribution >= 4 is 5.82 Å². The average molecular weight is 167 g/mol. The summed E-state index contributed by atoms with van der Waals surface area (Å²) in [6.07, 6.45) is 4.46. The van der Waals surface area contributed by atoms with E-state index in [1.165, 1.54) is 0 Å². The molecule has 0 amide bonds. The van der Waals surface area contributed by atoms with Crippen molar-refractivity contribution in [1.82, 2.24) is 9.97 Å². The van der Waals surface area contributed by atoms with Crippen molar-refractivity contribution in [3.8, 4) is 0 Å². The summed E-state index contributed by atoms with van der Waals surface area (Å²) in [5.41, 5.74) is 0. The summed E-state index contributed by atoms with van der Waals surface area (Å²) < 4.78 is 10.3. The zero-order valence-electron chi connectivity index (χ0n) is 6.43. The zero-order valence-corrected chi connectivity index (χ0v) is 6.43. The Hall–Kier alpha value is -1.20. The largest absolute Gasteiger partial charge is 0.333 e. The van der Waals surface area contributed by atoms with Crippen LogP contribution in [-0.2, 0) is 9.47 Å². The van der Waals surface area contributed by atoms with Gasteiger partial charge in [-0.1, -0.05) is 0 Å². The highest BCUT2D eigenvalue weighted by molar-refractivity contribution is 5.29. The molecule has 1 aromatic heterocycles.